The molecule has 2 rings (SSSR count). The number of urea groups is 1. The Morgan fingerprint density at radius 3 is 2.75 bits per heavy atom. The molecule has 2 N–H and O–H groups in total. The molecule has 0 bridgehead atoms. The van der Waals surface area contributed by atoms with Crippen LogP contribution in [0.4, 0.5) is 16.3 Å². The quantitative estimate of drug-likeness (QED) is 0.906. The summed E-state index contributed by atoms with van der Waals surface area (Å²) < 4.78 is 5.19. The van der Waals surface area contributed by atoms with Gasteiger partial charge in [0.15, 0.2) is 0 Å². The van der Waals surface area contributed by atoms with Gasteiger partial charge in [0.25, 0.3) is 0 Å². The number of anilines is 2. The summed E-state index contributed by atoms with van der Waals surface area (Å²) in [5, 5.41) is 5.91. The van der Waals surface area contributed by atoms with E-state index in [0.717, 1.165) is 5.56 Å². The van der Waals surface area contributed by atoms with Gasteiger partial charge in [0, 0.05) is 17.3 Å². The van der Waals surface area contributed by atoms with Gasteiger partial charge < -0.3 is 10.1 Å². The fraction of sp³-hybridized carbons (Fsp3) is 0.143. The lowest BCUT2D eigenvalue weighted by Crippen LogP contribution is -2.20. The first-order valence-corrected chi connectivity index (χ1v) is 6.31. The van der Waals surface area contributed by atoms with E-state index in [9.17, 15) is 4.79 Å². The molecule has 0 spiro atoms. The zero-order valence-corrected chi connectivity index (χ0v) is 11.9. The maximum absolute atomic E-state index is 11.9. The number of nitrogens with zero attached hydrogens (tertiary/aromatic N) is 1. The van der Waals surface area contributed by atoms with Gasteiger partial charge in [-0.1, -0.05) is 17.7 Å². The van der Waals surface area contributed by atoms with E-state index in [4.69, 9.17) is 16.3 Å². The Morgan fingerprint density at radius 2 is 2.10 bits per heavy atom. The summed E-state index contributed by atoms with van der Waals surface area (Å²) in [6.07, 6.45) is 1.60. The summed E-state index contributed by atoms with van der Waals surface area (Å²) in [4.78, 5) is 15.9. The van der Waals surface area contributed by atoms with Crippen molar-refractivity contribution < 1.29 is 9.53 Å². The molecule has 2 amide bonds. The number of amides is 2. The van der Waals surface area contributed by atoms with Crippen molar-refractivity contribution in [3.05, 3.63) is 47.1 Å². The van der Waals surface area contributed by atoms with Gasteiger partial charge in [-0.3, -0.25) is 5.32 Å². The largest absolute Gasteiger partial charge is 0.495 e. The highest BCUT2D eigenvalue weighted by atomic mass is 35.5. The van der Waals surface area contributed by atoms with Crippen LogP contribution in [0.2, 0.25) is 5.02 Å². The van der Waals surface area contributed by atoms with Gasteiger partial charge in [0.1, 0.15) is 11.6 Å². The molecule has 0 saturated carbocycles. The van der Waals surface area contributed by atoms with Crippen LogP contribution in [0.15, 0.2) is 36.5 Å². The molecule has 104 valence electrons. The highest BCUT2D eigenvalue weighted by molar-refractivity contribution is 6.31. The van der Waals surface area contributed by atoms with Crippen molar-refractivity contribution in [2.24, 2.45) is 0 Å². The van der Waals surface area contributed by atoms with Crippen molar-refractivity contribution >= 4 is 29.1 Å². The van der Waals surface area contributed by atoms with Crippen LogP contribution >= 0.6 is 11.6 Å². The Balaban J connectivity index is 2.13. The van der Waals surface area contributed by atoms with Crippen LogP contribution in [0.1, 0.15) is 5.56 Å². The second kappa shape index (κ2) is 6.25. The predicted octanol–water partition coefficient (Wildman–Crippen LogP) is 3.70. The van der Waals surface area contributed by atoms with Gasteiger partial charge in [-0.25, -0.2) is 9.78 Å². The lowest BCUT2D eigenvalue weighted by molar-refractivity contribution is 0.262. The third-order valence-electron chi connectivity index (χ3n) is 2.64. The van der Waals surface area contributed by atoms with Crippen molar-refractivity contribution in [2.45, 2.75) is 6.92 Å². The summed E-state index contributed by atoms with van der Waals surface area (Å²) in [7, 11) is 1.52. The van der Waals surface area contributed by atoms with Gasteiger partial charge in [0.05, 0.1) is 12.8 Å². The molecule has 0 atom stereocenters. The minimum Gasteiger partial charge on any atom is -0.495 e. The molecule has 6 heteroatoms. The monoisotopic (exact) mass is 291 g/mol. The predicted molar refractivity (Wildman–Crippen MR) is 79.6 cm³/mol. The SMILES string of the molecule is COc1cc(Cl)c(C)cc1NC(=O)Nc1ccccn1. The zero-order valence-electron chi connectivity index (χ0n) is 11.1. The molecule has 1 heterocycles. The number of carbonyl (C=O) groups is 1. The third kappa shape index (κ3) is 3.39. The minimum atomic E-state index is -0.399. The van der Waals surface area contributed by atoms with E-state index in [1.807, 2.05) is 6.92 Å². The number of benzene rings is 1. The van der Waals surface area contributed by atoms with Crippen molar-refractivity contribution in [3.8, 4) is 5.75 Å². The fourth-order valence-electron chi connectivity index (χ4n) is 1.64. The number of nitrogens with one attached hydrogen (secondary N) is 2. The summed E-state index contributed by atoms with van der Waals surface area (Å²) in [6, 6.07) is 8.27. The second-order valence-electron chi connectivity index (χ2n) is 4.10. The number of halogens is 1. The van der Waals surface area contributed by atoms with Crippen molar-refractivity contribution in [2.75, 3.05) is 17.7 Å². The molecular formula is C14H14ClN3O2. The highest BCUT2D eigenvalue weighted by Gasteiger charge is 2.10. The van der Waals surface area contributed by atoms with E-state index < -0.39 is 6.03 Å². The van der Waals surface area contributed by atoms with Gasteiger partial charge in [-0.15, -0.1) is 0 Å². The van der Waals surface area contributed by atoms with Gasteiger partial charge in [0.2, 0.25) is 0 Å². The van der Waals surface area contributed by atoms with Gasteiger partial charge >= 0.3 is 6.03 Å². The van der Waals surface area contributed by atoms with Crippen molar-refractivity contribution in [1.82, 2.24) is 4.98 Å². The van der Waals surface area contributed by atoms with Crippen LogP contribution in [0.3, 0.4) is 0 Å². The molecule has 2 aromatic rings. The molecule has 0 unspecified atom stereocenters. The number of hydrogen-bond acceptors (Lipinski definition) is 3. The average Bonchev–Trinajstić information content (AvgIpc) is 2.43. The first-order valence-electron chi connectivity index (χ1n) is 5.93. The van der Waals surface area contributed by atoms with Crippen LogP contribution in [0, 0.1) is 6.92 Å². The fourth-order valence-corrected chi connectivity index (χ4v) is 1.79. The molecule has 1 aromatic carbocycles. The smallest absolute Gasteiger partial charge is 0.324 e. The highest BCUT2D eigenvalue weighted by Crippen LogP contribution is 2.30. The van der Waals surface area contributed by atoms with Crippen LogP contribution in [0.5, 0.6) is 5.75 Å². The summed E-state index contributed by atoms with van der Waals surface area (Å²) in [5.74, 6) is 0.964. The van der Waals surface area contributed by atoms with Gasteiger partial charge in [-0.05, 0) is 30.7 Å². The number of methoxy groups -OCH3 is 1. The molecule has 0 radical (unpaired) electrons. The number of aromatic nitrogens is 1. The molecule has 1 aromatic heterocycles. The summed E-state index contributed by atoms with van der Waals surface area (Å²) in [5.41, 5.74) is 1.39. The first kappa shape index (κ1) is 14.1. The normalized spacial score (nSPS) is 9.95. The lowest BCUT2D eigenvalue weighted by atomic mass is 10.2. The topological polar surface area (TPSA) is 63.2 Å². The third-order valence-corrected chi connectivity index (χ3v) is 3.04. The number of hydrogen-bond donors (Lipinski definition) is 2. The Hall–Kier alpha value is -2.27. The molecule has 0 saturated heterocycles. The number of carbonyl (C=O) groups excluding carboxylic acids is 1. The molecule has 0 fully saturated rings. The summed E-state index contributed by atoms with van der Waals surface area (Å²) >= 11 is 6.01. The van der Waals surface area contributed by atoms with Crippen LogP contribution in [0.25, 0.3) is 0 Å². The molecule has 0 aliphatic rings. The molecule has 20 heavy (non-hydrogen) atoms. The van der Waals surface area contributed by atoms with E-state index >= 15 is 0 Å². The lowest BCUT2D eigenvalue weighted by Gasteiger charge is -2.12. The van der Waals surface area contributed by atoms with E-state index in [-0.39, 0.29) is 0 Å². The number of ether oxygens (including phenoxy) is 1. The van der Waals surface area contributed by atoms with Crippen molar-refractivity contribution in [3.63, 3.8) is 0 Å². The first-order chi connectivity index (χ1) is 9.60. The van der Waals surface area contributed by atoms with E-state index in [1.54, 1.807) is 36.5 Å². The molecular weight excluding hydrogens is 278 g/mol. The number of aryl methyl sites for hydroxylation is 1. The van der Waals surface area contributed by atoms with Crippen LogP contribution in [-0.2, 0) is 0 Å². The maximum atomic E-state index is 11.9. The Morgan fingerprint density at radius 1 is 1.30 bits per heavy atom. The van der Waals surface area contributed by atoms with E-state index in [2.05, 4.69) is 15.6 Å². The summed E-state index contributed by atoms with van der Waals surface area (Å²) in [6.45, 7) is 1.85. The van der Waals surface area contributed by atoms with E-state index in [1.165, 1.54) is 7.11 Å². The average molecular weight is 292 g/mol. The van der Waals surface area contributed by atoms with Crippen molar-refractivity contribution in [1.29, 1.82) is 0 Å². The van der Waals surface area contributed by atoms with E-state index in [0.29, 0.717) is 22.3 Å². The standard InChI is InChI=1S/C14H14ClN3O2/c1-9-7-11(12(20-2)8-10(9)15)17-14(19)18-13-5-3-4-6-16-13/h3-8H,1-2H3,(H2,16,17,18,19). The minimum absolute atomic E-state index is 0.399. The number of pyridine rings is 1. The Bertz CT molecular complexity index is 617. The second-order valence-corrected chi connectivity index (χ2v) is 4.50. The zero-order chi connectivity index (χ0) is 14.5. The Labute approximate surface area is 121 Å². The maximum Gasteiger partial charge on any atom is 0.324 e. The van der Waals surface area contributed by atoms with Gasteiger partial charge in [-0.2, -0.15) is 0 Å². The van der Waals surface area contributed by atoms with Crippen LogP contribution < -0.4 is 15.4 Å². The number of rotatable bonds is 3. The molecule has 0 aliphatic heterocycles. The molecule has 0 aliphatic carbocycles. The Kier molecular flexibility index (Phi) is 4.42. The molecule has 5 nitrogen and oxygen atoms in total. The van der Waals surface area contributed by atoms with Crippen LogP contribution in [-0.4, -0.2) is 18.1 Å².